The number of cyclic esters (lactones) is 1. The average molecular weight is 640 g/mol. The van der Waals surface area contributed by atoms with E-state index in [1.165, 1.54) is 38.5 Å². The highest BCUT2D eigenvalue weighted by Gasteiger charge is 2.37. The summed E-state index contributed by atoms with van der Waals surface area (Å²) in [4.78, 5) is 21.8. The predicted molar refractivity (Wildman–Crippen MR) is 180 cm³/mol. The Morgan fingerprint density at radius 2 is 1.83 bits per heavy atom. The van der Waals surface area contributed by atoms with Gasteiger partial charge in [0.2, 0.25) is 6.41 Å². The van der Waals surface area contributed by atoms with Gasteiger partial charge in [-0.15, -0.1) is 0 Å². The van der Waals surface area contributed by atoms with Gasteiger partial charge in [0, 0.05) is 55.9 Å². The molecule has 1 aromatic rings. The third-order valence-electron chi connectivity index (χ3n) is 9.96. The Kier molecular flexibility index (Phi) is 14.0. The summed E-state index contributed by atoms with van der Waals surface area (Å²) in [6.07, 6.45) is 15.8. The van der Waals surface area contributed by atoms with Crippen molar-refractivity contribution >= 4 is 5.97 Å². The van der Waals surface area contributed by atoms with E-state index >= 15 is 0 Å². The molecule has 1 saturated carbocycles. The van der Waals surface area contributed by atoms with E-state index < -0.39 is 36.3 Å². The lowest BCUT2D eigenvalue weighted by Crippen LogP contribution is -2.55. The number of allylic oxidation sites excluding steroid dienone is 3. The standard InChI is InChI=1S/C37H57N3O6/c1-27(32-16-9-10-21-38-32)12-11-13-28(2)35-29(3)17-18-33(37(4,44)20-19-31(41)26-34(42)46-35)45-36(43)40-24-22-39(23-25-40)30-14-7-5-6-8-15-30/h9-13,16-18,21,27,29-31,33,35-36,41,43-44H,5-8,14-15,19-20,22-26H2,1-4H3/b12-11+,18-17+,28-13+/t27-,29+,31-,33+,35-,36?,37-/m1/s1. The molecular formula is C37H57N3O6. The minimum absolute atomic E-state index is 0.114. The summed E-state index contributed by atoms with van der Waals surface area (Å²) >= 11 is 0. The molecule has 0 aromatic carbocycles. The zero-order chi connectivity index (χ0) is 33.1. The smallest absolute Gasteiger partial charge is 0.309 e. The molecule has 1 aliphatic carbocycles. The van der Waals surface area contributed by atoms with Gasteiger partial charge in [0.1, 0.15) is 12.2 Å². The number of pyridine rings is 1. The summed E-state index contributed by atoms with van der Waals surface area (Å²) < 4.78 is 12.1. The second kappa shape index (κ2) is 17.7. The van der Waals surface area contributed by atoms with Crippen molar-refractivity contribution in [1.29, 1.82) is 0 Å². The molecule has 1 aromatic heterocycles. The molecule has 2 fully saturated rings. The van der Waals surface area contributed by atoms with Gasteiger partial charge < -0.3 is 24.8 Å². The van der Waals surface area contributed by atoms with Crippen LogP contribution in [0.25, 0.3) is 0 Å². The van der Waals surface area contributed by atoms with Crippen molar-refractivity contribution in [3.63, 3.8) is 0 Å². The normalized spacial score (nSPS) is 32.6. The van der Waals surface area contributed by atoms with Crippen molar-refractivity contribution in [1.82, 2.24) is 14.8 Å². The molecule has 9 nitrogen and oxygen atoms in total. The number of hydrogen-bond donors (Lipinski definition) is 3. The van der Waals surface area contributed by atoms with Crippen molar-refractivity contribution in [2.45, 2.75) is 128 Å². The first-order valence-electron chi connectivity index (χ1n) is 17.4. The number of carbonyl (C=O) groups is 1. The molecule has 3 aliphatic rings. The van der Waals surface area contributed by atoms with Gasteiger partial charge in [0.05, 0.1) is 18.1 Å². The number of nitrogens with zero attached hydrogens (tertiary/aromatic N) is 3. The Morgan fingerprint density at radius 1 is 1.11 bits per heavy atom. The predicted octanol–water partition coefficient (Wildman–Crippen LogP) is 5.09. The summed E-state index contributed by atoms with van der Waals surface area (Å²) in [6.45, 7) is 10.8. The van der Waals surface area contributed by atoms with Crippen LogP contribution in [0, 0.1) is 5.92 Å². The fraction of sp³-hybridized carbons (Fsp3) is 0.676. The second-order valence-electron chi connectivity index (χ2n) is 13.8. The summed E-state index contributed by atoms with van der Waals surface area (Å²) in [5.74, 6) is -0.633. The minimum Gasteiger partial charge on any atom is -0.457 e. The molecule has 46 heavy (non-hydrogen) atoms. The largest absolute Gasteiger partial charge is 0.457 e. The summed E-state index contributed by atoms with van der Waals surface area (Å²) in [5.41, 5.74) is 0.431. The minimum atomic E-state index is -1.38. The molecule has 7 atom stereocenters. The molecule has 0 bridgehead atoms. The Labute approximate surface area is 276 Å². The number of aromatic nitrogens is 1. The van der Waals surface area contributed by atoms with Gasteiger partial charge in [0.25, 0.3) is 0 Å². The number of ether oxygens (including phenoxy) is 2. The van der Waals surface area contributed by atoms with Crippen LogP contribution in [0.15, 0.2) is 60.3 Å². The molecule has 2 aliphatic heterocycles. The van der Waals surface area contributed by atoms with Crippen LogP contribution in [0.1, 0.15) is 97.1 Å². The molecule has 3 N–H and O–H groups in total. The summed E-state index contributed by atoms with van der Waals surface area (Å²) in [7, 11) is 0. The highest BCUT2D eigenvalue weighted by atomic mass is 16.6. The lowest BCUT2D eigenvalue weighted by atomic mass is 9.88. The van der Waals surface area contributed by atoms with Crippen molar-refractivity contribution in [3.05, 3.63) is 66.0 Å². The van der Waals surface area contributed by atoms with Crippen molar-refractivity contribution < 1.29 is 29.6 Å². The highest BCUT2D eigenvalue weighted by molar-refractivity contribution is 5.70. The van der Waals surface area contributed by atoms with Gasteiger partial charge in [-0.05, 0) is 57.2 Å². The summed E-state index contributed by atoms with van der Waals surface area (Å²) in [5, 5.41) is 33.4. The molecule has 3 heterocycles. The maximum absolute atomic E-state index is 12.8. The zero-order valence-electron chi connectivity index (χ0n) is 28.3. The second-order valence-corrected chi connectivity index (χ2v) is 13.8. The maximum atomic E-state index is 12.8. The van der Waals surface area contributed by atoms with Crippen LogP contribution in [0.5, 0.6) is 0 Å². The highest BCUT2D eigenvalue weighted by Crippen LogP contribution is 2.29. The van der Waals surface area contributed by atoms with Gasteiger partial charge in [0.15, 0.2) is 0 Å². The quantitative estimate of drug-likeness (QED) is 0.118. The Hall–Kier alpha value is -2.40. The van der Waals surface area contributed by atoms with Crippen LogP contribution in [0.4, 0.5) is 0 Å². The van der Waals surface area contributed by atoms with E-state index in [2.05, 4.69) is 16.8 Å². The van der Waals surface area contributed by atoms with Crippen LogP contribution >= 0.6 is 0 Å². The number of hydrogen-bond acceptors (Lipinski definition) is 9. The number of aliphatic hydroxyl groups excluding tert-OH is 2. The van der Waals surface area contributed by atoms with E-state index in [1.807, 2.05) is 61.3 Å². The first-order valence-corrected chi connectivity index (χ1v) is 17.4. The van der Waals surface area contributed by atoms with E-state index in [-0.39, 0.29) is 31.1 Å². The molecule has 0 spiro atoms. The Morgan fingerprint density at radius 3 is 2.50 bits per heavy atom. The number of rotatable bonds is 8. The first-order chi connectivity index (χ1) is 22.0. The van der Waals surface area contributed by atoms with E-state index in [0.717, 1.165) is 24.4 Å². The Bertz CT molecular complexity index is 1150. The Balaban J connectivity index is 1.45. The molecule has 1 unspecified atom stereocenters. The van der Waals surface area contributed by atoms with Crippen molar-refractivity contribution in [2.24, 2.45) is 5.92 Å². The van der Waals surface area contributed by atoms with Gasteiger partial charge >= 0.3 is 5.97 Å². The molecule has 1 saturated heterocycles. The zero-order valence-corrected chi connectivity index (χ0v) is 28.3. The maximum Gasteiger partial charge on any atom is 0.309 e. The van der Waals surface area contributed by atoms with E-state index in [9.17, 15) is 20.1 Å². The van der Waals surface area contributed by atoms with Gasteiger partial charge in [-0.1, -0.05) is 76.0 Å². The van der Waals surface area contributed by atoms with Gasteiger partial charge in [-0.2, -0.15) is 0 Å². The van der Waals surface area contributed by atoms with E-state index in [0.29, 0.717) is 19.1 Å². The average Bonchev–Trinajstić information content (AvgIpc) is 3.34. The van der Waals surface area contributed by atoms with Gasteiger partial charge in [-0.3, -0.25) is 19.6 Å². The fourth-order valence-corrected chi connectivity index (χ4v) is 6.85. The topological polar surface area (TPSA) is 116 Å². The number of esters is 1. The van der Waals surface area contributed by atoms with Crippen molar-refractivity contribution in [2.75, 3.05) is 26.2 Å². The fourth-order valence-electron chi connectivity index (χ4n) is 6.85. The molecule has 9 heteroatoms. The van der Waals surface area contributed by atoms with Crippen molar-refractivity contribution in [3.8, 4) is 0 Å². The molecular weight excluding hydrogens is 582 g/mol. The number of piperazine rings is 1. The van der Waals surface area contributed by atoms with Crippen LogP contribution in [-0.4, -0.2) is 98.6 Å². The van der Waals surface area contributed by atoms with Crippen LogP contribution in [0.3, 0.4) is 0 Å². The SMILES string of the molecule is C/C(=C\C=C\[C@@H](C)c1ccccn1)[C@H]1OC(=O)C[C@H](O)CC[C@@](C)(O)[C@@H](OC(O)N2CCN(C3CCCCCC3)CC2)/C=C/[C@@H]1C. The number of carbonyl (C=O) groups excluding carboxylic acids is 1. The van der Waals surface area contributed by atoms with Crippen LogP contribution in [-0.2, 0) is 14.3 Å². The molecule has 4 rings (SSSR count). The van der Waals surface area contributed by atoms with E-state index in [1.54, 1.807) is 19.2 Å². The molecule has 0 radical (unpaired) electrons. The first kappa shape index (κ1) is 36.4. The third-order valence-corrected chi connectivity index (χ3v) is 9.96. The van der Waals surface area contributed by atoms with Crippen LogP contribution in [0.2, 0.25) is 0 Å². The monoisotopic (exact) mass is 639 g/mol. The lowest BCUT2D eigenvalue weighted by Gasteiger charge is -2.42. The molecule has 256 valence electrons. The van der Waals surface area contributed by atoms with Gasteiger partial charge in [-0.25, -0.2) is 0 Å². The van der Waals surface area contributed by atoms with E-state index in [4.69, 9.17) is 9.47 Å². The number of aliphatic hydroxyl groups is 3. The summed E-state index contributed by atoms with van der Waals surface area (Å²) in [6, 6.07) is 6.47. The third kappa shape index (κ3) is 10.8. The molecule has 0 amide bonds. The lowest BCUT2D eigenvalue weighted by molar-refractivity contribution is -0.244. The van der Waals surface area contributed by atoms with Crippen LogP contribution < -0.4 is 0 Å².